The molecule has 1 heterocycles. The Morgan fingerprint density at radius 1 is 1.40 bits per heavy atom. The van der Waals surface area contributed by atoms with Gasteiger partial charge in [-0.1, -0.05) is 15.9 Å². The lowest BCUT2D eigenvalue weighted by Crippen LogP contribution is -2.51. The van der Waals surface area contributed by atoms with Crippen LogP contribution in [-0.4, -0.2) is 34.7 Å². The number of benzene rings is 1. The molecule has 0 radical (unpaired) electrons. The standard InChI is InChI=1S/C15H21BrN2OS/c1-15(2,20-13-7-5-11(16)6-8-13)14(19)18-9-3-4-12(17)10-18/h5-8,12H,3-4,9-10,17H2,1-2H3. The summed E-state index contributed by atoms with van der Waals surface area (Å²) in [5.41, 5.74) is 5.97. The van der Waals surface area contributed by atoms with Crippen molar-refractivity contribution in [2.75, 3.05) is 13.1 Å². The highest BCUT2D eigenvalue weighted by atomic mass is 79.9. The lowest BCUT2D eigenvalue weighted by Gasteiger charge is -2.36. The highest BCUT2D eigenvalue weighted by Gasteiger charge is 2.34. The monoisotopic (exact) mass is 356 g/mol. The molecule has 0 saturated carbocycles. The predicted octanol–water partition coefficient (Wildman–Crippen LogP) is 3.27. The molecule has 3 nitrogen and oxygen atoms in total. The van der Waals surface area contributed by atoms with E-state index in [2.05, 4.69) is 15.9 Å². The van der Waals surface area contributed by atoms with Gasteiger partial charge in [-0.05, 0) is 51.0 Å². The van der Waals surface area contributed by atoms with Gasteiger partial charge in [0.2, 0.25) is 5.91 Å². The van der Waals surface area contributed by atoms with Gasteiger partial charge >= 0.3 is 0 Å². The van der Waals surface area contributed by atoms with Gasteiger partial charge in [0.1, 0.15) is 0 Å². The molecule has 1 aliphatic heterocycles. The fourth-order valence-electron chi connectivity index (χ4n) is 2.42. The molecule has 1 unspecified atom stereocenters. The minimum Gasteiger partial charge on any atom is -0.340 e. The van der Waals surface area contributed by atoms with Crippen molar-refractivity contribution in [1.82, 2.24) is 4.90 Å². The maximum Gasteiger partial charge on any atom is 0.238 e. The van der Waals surface area contributed by atoms with E-state index in [4.69, 9.17) is 5.73 Å². The first-order chi connectivity index (χ1) is 9.38. The molecule has 5 heteroatoms. The largest absolute Gasteiger partial charge is 0.340 e. The van der Waals surface area contributed by atoms with Gasteiger partial charge < -0.3 is 10.6 Å². The maximum atomic E-state index is 12.7. The van der Waals surface area contributed by atoms with E-state index in [9.17, 15) is 4.79 Å². The molecule has 1 aliphatic rings. The number of nitrogens with two attached hydrogens (primary N) is 1. The third-order valence-electron chi connectivity index (χ3n) is 3.45. The normalized spacial score (nSPS) is 20.0. The van der Waals surface area contributed by atoms with E-state index in [1.807, 2.05) is 43.0 Å². The van der Waals surface area contributed by atoms with Gasteiger partial charge in [-0.2, -0.15) is 0 Å². The Hall–Kier alpha value is -0.520. The second-order valence-corrected chi connectivity index (χ2v) is 8.33. The average molecular weight is 357 g/mol. The number of piperidine rings is 1. The fraction of sp³-hybridized carbons (Fsp3) is 0.533. The van der Waals surface area contributed by atoms with Crippen molar-refractivity contribution in [3.8, 4) is 0 Å². The summed E-state index contributed by atoms with van der Waals surface area (Å²) < 4.78 is 0.582. The first kappa shape index (κ1) is 15.9. The van der Waals surface area contributed by atoms with E-state index in [1.54, 1.807) is 11.8 Å². The van der Waals surface area contributed by atoms with Crippen molar-refractivity contribution in [2.24, 2.45) is 5.73 Å². The molecule has 20 heavy (non-hydrogen) atoms. The molecule has 110 valence electrons. The van der Waals surface area contributed by atoms with Crippen molar-refractivity contribution in [1.29, 1.82) is 0 Å². The van der Waals surface area contributed by atoms with Gasteiger partial charge in [0.15, 0.2) is 0 Å². The quantitative estimate of drug-likeness (QED) is 0.845. The molecule has 2 rings (SSSR count). The maximum absolute atomic E-state index is 12.7. The highest BCUT2D eigenvalue weighted by molar-refractivity contribution is 9.10. The van der Waals surface area contributed by atoms with E-state index < -0.39 is 4.75 Å². The Bertz CT molecular complexity index is 475. The summed E-state index contributed by atoms with van der Waals surface area (Å²) in [6, 6.07) is 8.19. The van der Waals surface area contributed by atoms with Crippen LogP contribution in [-0.2, 0) is 4.79 Å². The van der Waals surface area contributed by atoms with Crippen LogP contribution in [0.5, 0.6) is 0 Å². The van der Waals surface area contributed by atoms with Crippen molar-refractivity contribution >= 4 is 33.6 Å². The van der Waals surface area contributed by atoms with Crippen LogP contribution in [0.25, 0.3) is 0 Å². The van der Waals surface area contributed by atoms with Crippen molar-refractivity contribution in [2.45, 2.75) is 42.4 Å². The van der Waals surface area contributed by atoms with Crippen LogP contribution in [0.2, 0.25) is 0 Å². The minimum atomic E-state index is -0.467. The van der Waals surface area contributed by atoms with Gasteiger partial charge in [-0.25, -0.2) is 0 Å². The zero-order valence-electron chi connectivity index (χ0n) is 11.9. The molecule has 1 fully saturated rings. The topological polar surface area (TPSA) is 46.3 Å². The lowest BCUT2D eigenvalue weighted by molar-refractivity contribution is -0.134. The van der Waals surface area contributed by atoms with Gasteiger partial charge in [0, 0.05) is 28.5 Å². The second kappa shape index (κ2) is 6.50. The predicted molar refractivity (Wildman–Crippen MR) is 87.9 cm³/mol. The van der Waals surface area contributed by atoms with Crippen LogP contribution in [0, 0.1) is 0 Å². The summed E-state index contributed by atoms with van der Waals surface area (Å²) in [5, 5.41) is 0. The van der Waals surface area contributed by atoms with Crippen molar-refractivity contribution in [3.63, 3.8) is 0 Å². The number of carbonyl (C=O) groups is 1. The van der Waals surface area contributed by atoms with Crippen LogP contribution in [0.1, 0.15) is 26.7 Å². The third-order valence-corrected chi connectivity index (χ3v) is 5.17. The molecule has 0 spiro atoms. The van der Waals surface area contributed by atoms with E-state index in [0.717, 1.165) is 28.8 Å². The third kappa shape index (κ3) is 3.99. The van der Waals surface area contributed by atoms with E-state index in [0.29, 0.717) is 6.54 Å². The molecule has 1 saturated heterocycles. The minimum absolute atomic E-state index is 0.126. The average Bonchev–Trinajstić information content (AvgIpc) is 2.40. The van der Waals surface area contributed by atoms with Gasteiger partial charge in [-0.3, -0.25) is 4.79 Å². The zero-order valence-corrected chi connectivity index (χ0v) is 14.3. The second-order valence-electron chi connectivity index (χ2n) is 5.72. The van der Waals surface area contributed by atoms with Crippen molar-refractivity contribution in [3.05, 3.63) is 28.7 Å². The molecular weight excluding hydrogens is 336 g/mol. The SMILES string of the molecule is CC(C)(Sc1ccc(Br)cc1)C(=O)N1CCCC(N)C1. The summed E-state index contributed by atoms with van der Waals surface area (Å²) in [4.78, 5) is 15.7. The number of amides is 1. The Morgan fingerprint density at radius 3 is 2.65 bits per heavy atom. The van der Waals surface area contributed by atoms with Gasteiger partial charge in [-0.15, -0.1) is 11.8 Å². The number of thioether (sulfide) groups is 1. The van der Waals surface area contributed by atoms with Gasteiger partial charge in [0.25, 0.3) is 0 Å². The number of nitrogens with zero attached hydrogens (tertiary/aromatic N) is 1. The molecule has 1 atom stereocenters. The molecule has 1 aromatic rings. The lowest BCUT2D eigenvalue weighted by atomic mass is 10.0. The molecule has 1 aromatic carbocycles. The van der Waals surface area contributed by atoms with Crippen LogP contribution in [0.4, 0.5) is 0 Å². The molecule has 1 amide bonds. The van der Waals surface area contributed by atoms with E-state index in [1.165, 1.54) is 0 Å². The number of likely N-dealkylation sites (tertiary alicyclic amines) is 1. The summed E-state index contributed by atoms with van der Waals surface area (Å²) in [7, 11) is 0. The van der Waals surface area contributed by atoms with Crippen LogP contribution < -0.4 is 5.73 Å². The zero-order chi connectivity index (χ0) is 14.8. The van der Waals surface area contributed by atoms with E-state index >= 15 is 0 Å². The molecule has 0 aliphatic carbocycles. The molecule has 2 N–H and O–H groups in total. The summed E-state index contributed by atoms with van der Waals surface area (Å²) >= 11 is 5.03. The number of carbonyl (C=O) groups excluding carboxylic acids is 1. The smallest absolute Gasteiger partial charge is 0.238 e. The van der Waals surface area contributed by atoms with Crippen molar-refractivity contribution < 1.29 is 4.79 Å². The summed E-state index contributed by atoms with van der Waals surface area (Å²) in [5.74, 6) is 0.181. The number of halogens is 1. The summed E-state index contributed by atoms with van der Waals surface area (Å²) in [6.45, 7) is 5.49. The van der Waals surface area contributed by atoms with Crippen LogP contribution in [0.3, 0.4) is 0 Å². The Kier molecular flexibility index (Phi) is 5.15. The highest BCUT2D eigenvalue weighted by Crippen LogP contribution is 2.35. The Labute approximate surface area is 133 Å². The number of rotatable bonds is 3. The summed E-state index contributed by atoms with van der Waals surface area (Å²) in [6.07, 6.45) is 2.02. The Morgan fingerprint density at radius 2 is 2.05 bits per heavy atom. The first-order valence-electron chi connectivity index (χ1n) is 6.88. The van der Waals surface area contributed by atoms with Crippen LogP contribution >= 0.6 is 27.7 Å². The fourth-order valence-corrected chi connectivity index (χ4v) is 3.76. The number of hydrogen-bond donors (Lipinski definition) is 1. The van der Waals surface area contributed by atoms with E-state index in [-0.39, 0.29) is 11.9 Å². The van der Waals surface area contributed by atoms with Crippen LogP contribution in [0.15, 0.2) is 33.6 Å². The Balaban J connectivity index is 2.04. The first-order valence-corrected chi connectivity index (χ1v) is 8.49. The number of hydrogen-bond acceptors (Lipinski definition) is 3. The molecular formula is C15H21BrN2OS. The molecule has 0 aromatic heterocycles. The molecule has 0 bridgehead atoms. The van der Waals surface area contributed by atoms with Gasteiger partial charge in [0.05, 0.1) is 4.75 Å².